The molecule has 0 fully saturated rings. The minimum atomic E-state index is -5.32. The van der Waals surface area contributed by atoms with Crippen molar-refractivity contribution in [2.45, 2.75) is 0 Å². The van der Waals surface area contributed by atoms with Gasteiger partial charge in [0.15, 0.2) is 9.53 Å². The molecule has 0 aliphatic carbocycles. The third-order valence-corrected chi connectivity index (χ3v) is 2.70. The summed E-state index contributed by atoms with van der Waals surface area (Å²) in [4.78, 5) is 0. The summed E-state index contributed by atoms with van der Waals surface area (Å²) in [5.41, 5.74) is 0. The number of hydrogen-bond acceptors (Lipinski definition) is 5. The Kier molecular flexibility index (Phi) is 6.46. The van der Waals surface area contributed by atoms with E-state index >= 15 is 0 Å². The van der Waals surface area contributed by atoms with Crippen molar-refractivity contribution in [1.29, 1.82) is 0 Å². The number of thiol groups is 1. The number of hydrogen-bond donors (Lipinski definition) is 6. The van der Waals surface area contributed by atoms with E-state index in [1.54, 1.807) is 0 Å². The summed E-state index contributed by atoms with van der Waals surface area (Å²) in [6.07, 6.45) is 0. The molecule has 0 rings (SSSR count). The van der Waals surface area contributed by atoms with Crippen LogP contribution in [0.5, 0.6) is 0 Å². The summed E-state index contributed by atoms with van der Waals surface area (Å²) in [7, 11) is -10.5. The van der Waals surface area contributed by atoms with E-state index in [-0.39, 0.29) is 12.3 Å². The van der Waals surface area contributed by atoms with Gasteiger partial charge >= 0.3 is 9.15 Å². The Morgan fingerprint density at radius 3 is 1.20 bits per heavy atom. The molecular formula is H10N2O6S2. The summed E-state index contributed by atoms with van der Waals surface area (Å²) >= 11 is 0. The van der Waals surface area contributed by atoms with Crippen LogP contribution in [0.25, 0.3) is 0 Å². The Bertz CT molecular complexity index is 208. The van der Waals surface area contributed by atoms with Crippen LogP contribution in [0.4, 0.5) is 0 Å². The Morgan fingerprint density at radius 1 is 1.10 bits per heavy atom. The molecule has 0 atom stereocenters. The van der Waals surface area contributed by atoms with Crippen LogP contribution in [-0.2, 0) is 18.7 Å². The maximum atomic E-state index is 9.51. The average molecular weight is 198 g/mol. The quantitative estimate of drug-likeness (QED) is 0.177. The SMILES string of the molecule is N.N.O=S(=O)(O)[SH](=O)(O)O. The maximum absolute atomic E-state index is 9.51. The van der Waals surface area contributed by atoms with E-state index < -0.39 is 18.7 Å². The molecule has 0 spiro atoms. The molecule has 0 aromatic carbocycles. The highest BCUT2D eigenvalue weighted by molar-refractivity contribution is 8.65. The zero-order valence-electron chi connectivity index (χ0n) is 4.84. The molecule has 0 saturated heterocycles. The van der Waals surface area contributed by atoms with E-state index in [4.69, 9.17) is 13.7 Å². The van der Waals surface area contributed by atoms with Crippen LogP contribution in [0.1, 0.15) is 0 Å². The molecule has 0 aliphatic rings. The van der Waals surface area contributed by atoms with E-state index in [1.165, 1.54) is 0 Å². The average Bonchev–Trinajstić information content (AvgIpc) is 1.25. The van der Waals surface area contributed by atoms with Crippen molar-refractivity contribution in [1.82, 2.24) is 12.3 Å². The summed E-state index contributed by atoms with van der Waals surface area (Å²) in [5, 5.41) is 0. The van der Waals surface area contributed by atoms with Gasteiger partial charge in [-0.05, 0) is 0 Å². The first-order chi connectivity index (χ1) is 3.25. The maximum Gasteiger partial charge on any atom is 0.366 e. The molecule has 10 heavy (non-hydrogen) atoms. The second-order valence-corrected chi connectivity index (χ2v) is 5.63. The van der Waals surface area contributed by atoms with Gasteiger partial charge in [0, 0.05) is 0 Å². The molecule has 10 heteroatoms. The Labute approximate surface area is 58.0 Å². The first-order valence-electron chi connectivity index (χ1n) is 1.28. The van der Waals surface area contributed by atoms with E-state index in [0.29, 0.717) is 0 Å². The first-order valence-corrected chi connectivity index (χ1v) is 4.94. The van der Waals surface area contributed by atoms with Crippen molar-refractivity contribution < 1.29 is 26.3 Å². The van der Waals surface area contributed by atoms with Crippen LogP contribution in [-0.4, -0.2) is 26.3 Å². The van der Waals surface area contributed by atoms with E-state index in [1.807, 2.05) is 0 Å². The van der Waals surface area contributed by atoms with Gasteiger partial charge in [-0.1, -0.05) is 0 Å². The van der Waals surface area contributed by atoms with Gasteiger partial charge in [-0.15, -0.1) is 0 Å². The standard InChI is InChI=1S/2H3N.H4O6S2/c;;1-7(2,3)8(4,5)6/h2*1H3;7H,(H2,1,2,3)(H,4,5,6). The minimum absolute atomic E-state index is 0. The lowest BCUT2D eigenvalue weighted by Gasteiger charge is -2.02. The summed E-state index contributed by atoms with van der Waals surface area (Å²) < 4.78 is 51.2. The summed E-state index contributed by atoms with van der Waals surface area (Å²) in [6, 6.07) is 0. The van der Waals surface area contributed by atoms with Crippen LogP contribution >= 0.6 is 0 Å². The van der Waals surface area contributed by atoms with Crippen molar-refractivity contribution >= 4 is 18.7 Å². The second kappa shape index (κ2) is 3.92. The fraction of sp³-hybridized carbons (Fsp3) is 0. The van der Waals surface area contributed by atoms with Gasteiger partial charge in [-0.3, -0.25) is 13.7 Å². The predicted octanol–water partition coefficient (Wildman–Crippen LogP) is -0.924. The molecule has 0 aromatic rings. The lowest BCUT2D eigenvalue weighted by atomic mass is 14.0. The molecule has 0 aliphatic heterocycles. The first kappa shape index (κ1) is 16.5. The van der Waals surface area contributed by atoms with Gasteiger partial charge in [0.1, 0.15) is 0 Å². The highest BCUT2D eigenvalue weighted by Crippen LogP contribution is 1.99. The zero-order valence-corrected chi connectivity index (χ0v) is 6.55. The Balaban J connectivity index is -0.000000245. The lowest BCUT2D eigenvalue weighted by Crippen LogP contribution is -2.20. The third-order valence-electron chi connectivity index (χ3n) is 0.301. The van der Waals surface area contributed by atoms with E-state index in [2.05, 4.69) is 0 Å². The molecule has 0 amide bonds. The predicted molar refractivity (Wildman–Crippen MR) is 36.4 cm³/mol. The van der Waals surface area contributed by atoms with Crippen molar-refractivity contribution in [3.8, 4) is 0 Å². The Morgan fingerprint density at radius 2 is 1.20 bits per heavy atom. The van der Waals surface area contributed by atoms with Gasteiger partial charge < -0.3 is 12.3 Å². The van der Waals surface area contributed by atoms with Crippen molar-refractivity contribution in [2.24, 2.45) is 0 Å². The highest BCUT2D eigenvalue weighted by Gasteiger charge is 2.20. The van der Waals surface area contributed by atoms with Crippen LogP contribution in [0.3, 0.4) is 0 Å². The molecule has 9 N–H and O–H groups in total. The summed E-state index contributed by atoms with van der Waals surface area (Å²) in [6.45, 7) is 0. The van der Waals surface area contributed by atoms with Gasteiger partial charge in [-0.25, -0.2) is 4.21 Å². The molecule has 0 heterocycles. The van der Waals surface area contributed by atoms with Crippen LogP contribution in [0.15, 0.2) is 0 Å². The van der Waals surface area contributed by atoms with Crippen molar-refractivity contribution in [3.63, 3.8) is 0 Å². The fourth-order valence-corrected chi connectivity index (χ4v) is 0. The van der Waals surface area contributed by atoms with Crippen LogP contribution in [0.2, 0.25) is 0 Å². The highest BCUT2D eigenvalue weighted by atomic mass is 33.2. The molecule has 0 saturated carbocycles. The van der Waals surface area contributed by atoms with E-state index in [9.17, 15) is 12.6 Å². The topological polar surface area (TPSA) is 182 Å². The second-order valence-electron chi connectivity index (χ2n) is 0.938. The smallest absolute Gasteiger partial charge is 0.344 e. The Hall–Kier alpha value is -0.100. The zero-order chi connectivity index (χ0) is 7.00. The van der Waals surface area contributed by atoms with Crippen molar-refractivity contribution in [2.75, 3.05) is 0 Å². The lowest BCUT2D eigenvalue weighted by molar-refractivity contribution is 0.420. The van der Waals surface area contributed by atoms with Crippen LogP contribution in [0, 0.1) is 0 Å². The molecule has 8 nitrogen and oxygen atoms in total. The van der Waals surface area contributed by atoms with Gasteiger partial charge in [-0.2, -0.15) is 8.42 Å². The number of rotatable bonds is 1. The third kappa shape index (κ3) is 4.75. The van der Waals surface area contributed by atoms with E-state index in [0.717, 1.165) is 0 Å². The van der Waals surface area contributed by atoms with Gasteiger partial charge in [0.25, 0.3) is 0 Å². The van der Waals surface area contributed by atoms with Gasteiger partial charge in [0.2, 0.25) is 0 Å². The molecule has 68 valence electrons. The minimum Gasteiger partial charge on any atom is -0.344 e. The molecule has 0 radical (unpaired) electrons. The van der Waals surface area contributed by atoms with Crippen molar-refractivity contribution in [3.05, 3.63) is 0 Å². The monoisotopic (exact) mass is 198 g/mol. The molecular weight excluding hydrogens is 188 g/mol. The van der Waals surface area contributed by atoms with Crippen LogP contribution < -0.4 is 12.3 Å². The normalized spacial score (nSPS) is 12.7. The summed E-state index contributed by atoms with van der Waals surface area (Å²) in [5.74, 6) is 0. The fourth-order valence-electron chi connectivity index (χ4n) is 0. The largest absolute Gasteiger partial charge is 0.366 e. The molecule has 0 unspecified atom stereocenters. The molecule has 0 bridgehead atoms. The van der Waals surface area contributed by atoms with Gasteiger partial charge in [0.05, 0.1) is 0 Å². The molecule has 0 aromatic heterocycles.